The Morgan fingerprint density at radius 3 is 2.25 bits per heavy atom. The van der Waals surface area contributed by atoms with Crippen LogP contribution in [0.2, 0.25) is 0 Å². The Bertz CT molecular complexity index is 1100. The number of benzene rings is 2. The highest BCUT2D eigenvalue weighted by Crippen LogP contribution is 2.26. The Balaban J connectivity index is 1.60. The molecule has 0 saturated heterocycles. The van der Waals surface area contributed by atoms with Crippen LogP contribution in [0.5, 0.6) is 0 Å². The average Bonchev–Trinajstić information content (AvgIpc) is 2.80. The molecule has 3 rings (SSSR count). The van der Waals surface area contributed by atoms with Crippen LogP contribution in [-0.4, -0.2) is 31.7 Å². The fourth-order valence-electron chi connectivity index (χ4n) is 3.05. The molecule has 7 nitrogen and oxygen atoms in total. The Morgan fingerprint density at radius 2 is 1.66 bits per heavy atom. The van der Waals surface area contributed by atoms with E-state index in [9.17, 15) is 13.8 Å². The number of rotatable bonds is 8. The minimum absolute atomic E-state index is 0.151. The second kappa shape index (κ2) is 10.3. The van der Waals surface area contributed by atoms with E-state index >= 15 is 0 Å². The van der Waals surface area contributed by atoms with Crippen LogP contribution in [0.4, 0.5) is 11.5 Å². The fraction of sp³-hybridized carbons (Fsp3) is 0.250. The first-order valence-corrected chi connectivity index (χ1v) is 11.6. The topological polar surface area (TPSA) is 101 Å². The highest BCUT2D eigenvalue weighted by atomic mass is 32.2. The minimum Gasteiger partial charge on any atom is -0.326 e. The molecule has 0 fully saturated rings. The SMILES string of the molecule is CCS(=O)c1ccc(CC(=O)Nc2ccc(C(C)(C)C(=O)Nc3cnccn3)cc2)cc1. The molecule has 1 atom stereocenters. The molecule has 166 valence electrons. The molecule has 0 saturated carbocycles. The van der Waals surface area contributed by atoms with Gasteiger partial charge in [0.15, 0.2) is 5.82 Å². The molecule has 2 amide bonds. The Labute approximate surface area is 190 Å². The molecule has 3 aromatic rings. The van der Waals surface area contributed by atoms with E-state index in [-0.39, 0.29) is 18.2 Å². The van der Waals surface area contributed by atoms with Gasteiger partial charge in [-0.2, -0.15) is 0 Å². The van der Waals surface area contributed by atoms with E-state index in [0.717, 1.165) is 16.0 Å². The molecule has 1 unspecified atom stereocenters. The summed E-state index contributed by atoms with van der Waals surface area (Å²) in [5.74, 6) is 0.599. The van der Waals surface area contributed by atoms with E-state index in [0.29, 0.717) is 17.3 Å². The van der Waals surface area contributed by atoms with Crippen LogP contribution in [0, 0.1) is 0 Å². The van der Waals surface area contributed by atoms with Gasteiger partial charge in [0.2, 0.25) is 11.8 Å². The molecule has 1 aromatic heterocycles. The van der Waals surface area contributed by atoms with Gasteiger partial charge < -0.3 is 10.6 Å². The third kappa shape index (κ3) is 5.85. The first-order chi connectivity index (χ1) is 15.3. The molecule has 8 heteroatoms. The zero-order valence-corrected chi connectivity index (χ0v) is 19.1. The van der Waals surface area contributed by atoms with Crippen LogP contribution >= 0.6 is 0 Å². The van der Waals surface area contributed by atoms with Crippen molar-refractivity contribution in [1.82, 2.24) is 9.97 Å². The number of carbonyl (C=O) groups is 2. The molecule has 32 heavy (non-hydrogen) atoms. The van der Waals surface area contributed by atoms with Gasteiger partial charge in [-0.3, -0.25) is 18.8 Å². The quantitative estimate of drug-likeness (QED) is 0.545. The van der Waals surface area contributed by atoms with Crippen LogP contribution in [0.1, 0.15) is 31.9 Å². The van der Waals surface area contributed by atoms with E-state index in [1.165, 1.54) is 18.6 Å². The van der Waals surface area contributed by atoms with Crippen molar-refractivity contribution in [2.75, 3.05) is 16.4 Å². The number of nitrogens with one attached hydrogen (secondary N) is 2. The Hall–Kier alpha value is -3.39. The number of aromatic nitrogens is 2. The van der Waals surface area contributed by atoms with Crippen molar-refractivity contribution < 1.29 is 13.8 Å². The molecule has 0 aliphatic rings. The summed E-state index contributed by atoms with van der Waals surface area (Å²) < 4.78 is 11.8. The van der Waals surface area contributed by atoms with Gasteiger partial charge in [0.1, 0.15) is 0 Å². The number of carbonyl (C=O) groups excluding carboxylic acids is 2. The zero-order chi connectivity index (χ0) is 23.1. The Morgan fingerprint density at radius 1 is 0.969 bits per heavy atom. The van der Waals surface area contributed by atoms with Gasteiger partial charge >= 0.3 is 0 Å². The number of hydrogen-bond donors (Lipinski definition) is 2. The number of nitrogens with zero attached hydrogens (tertiary/aromatic N) is 2. The van der Waals surface area contributed by atoms with E-state index in [4.69, 9.17) is 0 Å². The molecule has 0 aliphatic carbocycles. The third-order valence-corrected chi connectivity index (χ3v) is 6.40. The predicted octanol–water partition coefficient (Wildman–Crippen LogP) is 3.70. The lowest BCUT2D eigenvalue weighted by Gasteiger charge is -2.24. The number of anilines is 2. The van der Waals surface area contributed by atoms with Crippen molar-refractivity contribution in [2.24, 2.45) is 0 Å². The molecule has 0 aliphatic heterocycles. The summed E-state index contributed by atoms with van der Waals surface area (Å²) in [7, 11) is -1.00. The van der Waals surface area contributed by atoms with Crippen molar-refractivity contribution >= 4 is 34.1 Å². The van der Waals surface area contributed by atoms with E-state index < -0.39 is 16.2 Å². The van der Waals surface area contributed by atoms with Gasteiger partial charge in [0.25, 0.3) is 0 Å². The van der Waals surface area contributed by atoms with Crippen LogP contribution < -0.4 is 10.6 Å². The lowest BCUT2D eigenvalue weighted by molar-refractivity contribution is -0.120. The van der Waals surface area contributed by atoms with Crippen molar-refractivity contribution in [3.63, 3.8) is 0 Å². The molecular weight excluding hydrogens is 424 g/mol. The summed E-state index contributed by atoms with van der Waals surface area (Å²) in [6, 6.07) is 14.4. The van der Waals surface area contributed by atoms with Crippen molar-refractivity contribution in [3.05, 3.63) is 78.2 Å². The van der Waals surface area contributed by atoms with Crippen LogP contribution in [0.25, 0.3) is 0 Å². The monoisotopic (exact) mass is 450 g/mol. The maximum absolute atomic E-state index is 12.7. The van der Waals surface area contributed by atoms with Crippen molar-refractivity contribution in [3.8, 4) is 0 Å². The molecule has 1 heterocycles. The molecule has 0 radical (unpaired) electrons. The summed E-state index contributed by atoms with van der Waals surface area (Å²) in [4.78, 5) is 33.9. The van der Waals surface area contributed by atoms with E-state index in [1.54, 1.807) is 24.3 Å². The molecular formula is C24H26N4O3S. The zero-order valence-electron chi connectivity index (χ0n) is 18.3. The minimum atomic E-state index is -1.00. The summed E-state index contributed by atoms with van der Waals surface area (Å²) in [5.41, 5.74) is 1.49. The first-order valence-electron chi connectivity index (χ1n) is 10.2. The largest absolute Gasteiger partial charge is 0.326 e. The van der Waals surface area contributed by atoms with Crippen molar-refractivity contribution in [2.45, 2.75) is 37.5 Å². The second-order valence-corrected chi connectivity index (χ2v) is 9.49. The molecule has 2 N–H and O–H groups in total. The van der Waals surface area contributed by atoms with E-state index in [2.05, 4.69) is 20.6 Å². The van der Waals surface area contributed by atoms with Gasteiger partial charge in [-0.05, 0) is 49.2 Å². The number of hydrogen-bond acceptors (Lipinski definition) is 5. The Kier molecular flexibility index (Phi) is 7.48. The molecule has 2 aromatic carbocycles. The van der Waals surface area contributed by atoms with Crippen LogP contribution in [0.3, 0.4) is 0 Å². The molecule has 0 spiro atoms. The predicted molar refractivity (Wildman–Crippen MR) is 126 cm³/mol. The maximum Gasteiger partial charge on any atom is 0.235 e. The summed E-state index contributed by atoms with van der Waals surface area (Å²) in [5, 5.41) is 5.64. The summed E-state index contributed by atoms with van der Waals surface area (Å²) in [6.45, 7) is 5.51. The lowest BCUT2D eigenvalue weighted by Crippen LogP contribution is -2.35. The average molecular weight is 451 g/mol. The van der Waals surface area contributed by atoms with Gasteiger partial charge in [0, 0.05) is 28.7 Å². The highest BCUT2D eigenvalue weighted by molar-refractivity contribution is 7.85. The standard InChI is InChI=1S/C24H26N4O3S/c1-4-32(31)20-11-5-17(6-12-20)15-22(29)27-19-9-7-18(8-10-19)24(2,3)23(30)28-21-16-25-13-14-26-21/h5-14,16H,4,15H2,1-3H3,(H,27,29)(H,26,28,30). The third-order valence-electron chi connectivity index (χ3n) is 5.08. The van der Waals surface area contributed by atoms with Crippen LogP contribution in [0.15, 0.2) is 72.0 Å². The van der Waals surface area contributed by atoms with Gasteiger partial charge in [-0.25, -0.2) is 4.98 Å². The van der Waals surface area contributed by atoms with Crippen LogP contribution in [-0.2, 0) is 32.2 Å². The van der Waals surface area contributed by atoms with Gasteiger partial charge in [0.05, 0.1) is 28.8 Å². The fourth-order valence-corrected chi connectivity index (χ4v) is 3.83. The second-order valence-electron chi connectivity index (χ2n) is 7.75. The highest BCUT2D eigenvalue weighted by Gasteiger charge is 2.30. The van der Waals surface area contributed by atoms with Crippen molar-refractivity contribution in [1.29, 1.82) is 0 Å². The van der Waals surface area contributed by atoms with Gasteiger partial charge in [-0.1, -0.05) is 31.2 Å². The van der Waals surface area contributed by atoms with Gasteiger partial charge in [-0.15, -0.1) is 0 Å². The lowest BCUT2D eigenvalue weighted by atomic mass is 9.83. The summed E-state index contributed by atoms with van der Waals surface area (Å²) in [6.07, 6.45) is 4.76. The first kappa shape index (κ1) is 23.3. The summed E-state index contributed by atoms with van der Waals surface area (Å²) >= 11 is 0. The molecule has 0 bridgehead atoms. The number of amides is 2. The normalized spacial score (nSPS) is 12.1. The van der Waals surface area contributed by atoms with E-state index in [1.807, 2.05) is 45.0 Å². The smallest absolute Gasteiger partial charge is 0.235 e. The maximum atomic E-state index is 12.7.